The number of aromatic nitrogens is 1. The van der Waals surface area contributed by atoms with Crippen molar-refractivity contribution in [3.05, 3.63) is 103 Å². The van der Waals surface area contributed by atoms with Gasteiger partial charge in [-0.2, -0.15) is 0 Å². The van der Waals surface area contributed by atoms with Crippen LogP contribution in [0.2, 0.25) is 0 Å². The number of carbonyl (C=O) groups is 1. The van der Waals surface area contributed by atoms with E-state index in [1.807, 2.05) is 72.9 Å². The lowest BCUT2D eigenvalue weighted by molar-refractivity contribution is 0.102. The molecule has 4 aromatic carbocycles. The Morgan fingerprint density at radius 2 is 1.45 bits per heavy atom. The zero-order valence-electron chi connectivity index (χ0n) is 20.8. The fourth-order valence-electron chi connectivity index (χ4n) is 4.68. The second kappa shape index (κ2) is 9.00. The fourth-order valence-corrected chi connectivity index (χ4v) is 5.20. The van der Waals surface area contributed by atoms with Crippen LogP contribution in [-0.4, -0.2) is 32.6 Å². The van der Waals surface area contributed by atoms with E-state index < -0.39 is 10.0 Å². The minimum Gasteiger partial charge on any atom is -0.353 e. The van der Waals surface area contributed by atoms with E-state index in [0.29, 0.717) is 22.6 Å². The molecular weight excluding hydrogens is 496 g/mol. The van der Waals surface area contributed by atoms with Crippen LogP contribution in [0.1, 0.15) is 10.4 Å². The number of sulfonamides is 1. The molecule has 0 saturated carbocycles. The summed E-state index contributed by atoms with van der Waals surface area (Å²) in [5.41, 5.74) is 7.46. The van der Waals surface area contributed by atoms with Gasteiger partial charge in [-0.15, -0.1) is 0 Å². The number of rotatable bonds is 4. The van der Waals surface area contributed by atoms with Crippen LogP contribution in [0.25, 0.3) is 33.2 Å². The second-order valence-corrected chi connectivity index (χ2v) is 11.3. The Morgan fingerprint density at radius 3 is 2.29 bits per heavy atom. The van der Waals surface area contributed by atoms with Crippen LogP contribution in [0.15, 0.2) is 97.2 Å². The number of pyridine rings is 1. The second-order valence-electron chi connectivity index (χ2n) is 9.26. The maximum absolute atomic E-state index is 13.2. The Hall–Kier alpha value is -4.69. The number of benzene rings is 4. The number of fused-ring (bicyclic) bond motifs is 3. The lowest BCUT2D eigenvalue weighted by Gasteiger charge is -2.21. The third-order valence-electron chi connectivity index (χ3n) is 6.78. The lowest BCUT2D eigenvalue weighted by atomic mass is 10.0. The molecule has 0 bridgehead atoms. The van der Waals surface area contributed by atoms with Gasteiger partial charge in [-0.3, -0.25) is 14.1 Å². The molecule has 5 aromatic rings. The topological polar surface area (TPSA) is 91.4 Å². The first-order valence-corrected chi connectivity index (χ1v) is 13.9. The fraction of sp³-hybridized carbons (Fsp3) is 0.0667. The van der Waals surface area contributed by atoms with Crippen LogP contribution in [0.5, 0.6) is 0 Å². The first kappa shape index (κ1) is 23.7. The molecule has 8 heteroatoms. The Bertz CT molecular complexity index is 1850. The zero-order chi connectivity index (χ0) is 26.4. The van der Waals surface area contributed by atoms with Gasteiger partial charge in [-0.05, 0) is 53.6 Å². The average molecular weight is 521 g/mol. The van der Waals surface area contributed by atoms with Gasteiger partial charge >= 0.3 is 0 Å². The maximum atomic E-state index is 13.2. The molecule has 2 N–H and O–H groups in total. The number of anilines is 4. The summed E-state index contributed by atoms with van der Waals surface area (Å²) in [7, 11) is -1.92. The van der Waals surface area contributed by atoms with Crippen LogP contribution in [-0.2, 0) is 10.0 Å². The van der Waals surface area contributed by atoms with Crippen molar-refractivity contribution in [2.45, 2.75) is 0 Å². The van der Waals surface area contributed by atoms with Crippen molar-refractivity contribution in [2.75, 3.05) is 28.2 Å². The highest BCUT2D eigenvalue weighted by molar-refractivity contribution is 7.92. The predicted molar refractivity (Wildman–Crippen MR) is 154 cm³/mol. The summed E-state index contributed by atoms with van der Waals surface area (Å²) in [6, 6.07) is 28.7. The molecule has 2 heterocycles. The van der Waals surface area contributed by atoms with Crippen molar-refractivity contribution in [1.29, 1.82) is 0 Å². The number of hydrogen-bond acceptors (Lipinski definition) is 5. The Labute approximate surface area is 220 Å². The van der Waals surface area contributed by atoms with E-state index in [4.69, 9.17) is 0 Å². The van der Waals surface area contributed by atoms with Gasteiger partial charge in [0.1, 0.15) is 0 Å². The zero-order valence-corrected chi connectivity index (χ0v) is 21.6. The Morgan fingerprint density at radius 1 is 0.711 bits per heavy atom. The summed E-state index contributed by atoms with van der Waals surface area (Å²) < 4.78 is 25.7. The molecule has 38 heavy (non-hydrogen) atoms. The molecule has 6 rings (SSSR count). The molecule has 0 saturated heterocycles. The molecule has 1 aliphatic heterocycles. The molecular formula is C30H24N4O3S. The summed E-state index contributed by atoms with van der Waals surface area (Å²) in [6.07, 6.45) is 3.01. The van der Waals surface area contributed by atoms with Gasteiger partial charge in [0.2, 0.25) is 10.0 Å². The number of nitrogens with zero attached hydrogens (tertiary/aromatic N) is 2. The van der Waals surface area contributed by atoms with Crippen LogP contribution >= 0.6 is 0 Å². The predicted octanol–water partition coefficient (Wildman–Crippen LogP) is 6.27. The first-order valence-electron chi connectivity index (χ1n) is 12.0. The Balaban J connectivity index is 1.39. The summed E-state index contributed by atoms with van der Waals surface area (Å²) in [5, 5.41) is 7.47. The molecule has 0 unspecified atom stereocenters. The smallest absolute Gasteiger partial charge is 0.257 e. The minimum atomic E-state index is -3.45. The number of para-hydroxylation sites is 2. The highest BCUT2D eigenvalue weighted by atomic mass is 32.2. The largest absolute Gasteiger partial charge is 0.353 e. The van der Waals surface area contributed by atoms with E-state index in [0.717, 1.165) is 38.8 Å². The summed E-state index contributed by atoms with van der Waals surface area (Å²) >= 11 is 0. The number of hydrogen-bond donors (Lipinski definition) is 2. The molecule has 7 nitrogen and oxygen atoms in total. The molecule has 0 fully saturated rings. The molecule has 0 atom stereocenters. The van der Waals surface area contributed by atoms with Gasteiger partial charge in [0.25, 0.3) is 5.91 Å². The van der Waals surface area contributed by atoms with Crippen molar-refractivity contribution in [2.24, 2.45) is 0 Å². The van der Waals surface area contributed by atoms with E-state index in [2.05, 4.69) is 21.7 Å². The van der Waals surface area contributed by atoms with E-state index in [9.17, 15) is 13.2 Å². The van der Waals surface area contributed by atoms with Gasteiger partial charge in [-0.25, -0.2) is 8.42 Å². The average Bonchev–Trinajstić information content (AvgIpc) is 3.06. The molecule has 188 valence electrons. The van der Waals surface area contributed by atoms with E-state index in [1.165, 1.54) is 17.6 Å². The Kier molecular flexibility index (Phi) is 5.61. The van der Waals surface area contributed by atoms with Crippen LogP contribution in [0, 0.1) is 0 Å². The highest BCUT2D eigenvalue weighted by Gasteiger charge is 2.22. The van der Waals surface area contributed by atoms with Crippen LogP contribution < -0.4 is 14.9 Å². The van der Waals surface area contributed by atoms with Crippen molar-refractivity contribution in [3.63, 3.8) is 0 Å². The minimum absolute atomic E-state index is 0.229. The lowest BCUT2D eigenvalue weighted by Crippen LogP contribution is -2.25. The van der Waals surface area contributed by atoms with Crippen LogP contribution in [0.4, 0.5) is 22.7 Å². The molecule has 0 aliphatic carbocycles. The monoisotopic (exact) mass is 520 g/mol. The summed E-state index contributed by atoms with van der Waals surface area (Å²) in [4.78, 5) is 17.8. The molecule has 0 spiro atoms. The van der Waals surface area contributed by atoms with Crippen molar-refractivity contribution >= 4 is 49.6 Å². The first-order chi connectivity index (χ1) is 18.3. The number of nitrogens with one attached hydrogen (secondary N) is 2. The van der Waals surface area contributed by atoms with Crippen LogP contribution in [0.3, 0.4) is 0 Å². The third-order valence-corrected chi connectivity index (χ3v) is 7.97. The van der Waals surface area contributed by atoms with Gasteiger partial charge in [0.05, 0.1) is 40.1 Å². The quantitative estimate of drug-likeness (QED) is 0.291. The number of carbonyl (C=O) groups excluding carboxylic acids is 1. The van der Waals surface area contributed by atoms with Crippen molar-refractivity contribution in [1.82, 2.24) is 4.98 Å². The van der Waals surface area contributed by atoms with Gasteiger partial charge in [0.15, 0.2) is 0 Å². The molecule has 1 aliphatic rings. The summed E-state index contributed by atoms with van der Waals surface area (Å²) in [6.45, 7) is 0. The normalized spacial score (nSPS) is 12.6. The van der Waals surface area contributed by atoms with Gasteiger partial charge < -0.3 is 10.6 Å². The highest BCUT2D eigenvalue weighted by Crippen LogP contribution is 2.39. The van der Waals surface area contributed by atoms with Crippen molar-refractivity contribution in [3.8, 4) is 22.3 Å². The van der Waals surface area contributed by atoms with Crippen molar-refractivity contribution < 1.29 is 13.2 Å². The van der Waals surface area contributed by atoms with E-state index in [-0.39, 0.29) is 5.91 Å². The van der Waals surface area contributed by atoms with Gasteiger partial charge in [-0.1, -0.05) is 48.5 Å². The number of amides is 1. The van der Waals surface area contributed by atoms with E-state index in [1.54, 1.807) is 18.2 Å². The molecule has 1 aromatic heterocycles. The standard InChI is InChI=1S/C30H24N4O3S/c1-34(38(2,36)37)29-10-6-4-8-23(29)20-11-13-24-27(17-20)32-26-14-12-19(16-28(26)33-30(24)35)22-15-21-7-3-5-9-25(21)31-18-22/h3-18,32H,1-2H3,(H,33,35). The third kappa shape index (κ3) is 4.25. The molecule has 0 radical (unpaired) electrons. The maximum Gasteiger partial charge on any atom is 0.257 e. The van der Waals surface area contributed by atoms with Gasteiger partial charge in [0, 0.05) is 29.8 Å². The van der Waals surface area contributed by atoms with E-state index >= 15 is 0 Å². The SMILES string of the molecule is CN(c1ccccc1-c1ccc2c(c1)Nc1ccc(-c3cnc4ccccc4c3)cc1NC2=O)S(C)(=O)=O. The summed E-state index contributed by atoms with van der Waals surface area (Å²) in [5.74, 6) is -0.229. The molecule has 1 amide bonds.